The molecule has 0 heterocycles. The van der Waals surface area contributed by atoms with Crippen molar-refractivity contribution < 1.29 is 9.53 Å². The van der Waals surface area contributed by atoms with Gasteiger partial charge >= 0.3 is 6.09 Å². The number of anilines is 2. The average molecular weight is 256 g/mol. The second-order valence-electron chi connectivity index (χ2n) is 4.23. The van der Waals surface area contributed by atoms with Crippen LogP contribution in [-0.2, 0) is 11.2 Å². The zero-order chi connectivity index (χ0) is 13.7. The number of hydrogen-bond donors (Lipinski definition) is 2. The number of methoxy groups -OCH3 is 1. The maximum atomic E-state index is 11.0. The highest BCUT2D eigenvalue weighted by Gasteiger charge is 2.01. The number of carbonyl (C=O) groups is 1. The predicted molar refractivity (Wildman–Crippen MR) is 76.1 cm³/mol. The van der Waals surface area contributed by atoms with Crippen LogP contribution in [-0.4, -0.2) is 13.2 Å². The summed E-state index contributed by atoms with van der Waals surface area (Å²) < 4.78 is 4.53. The number of amides is 1. The van der Waals surface area contributed by atoms with Gasteiger partial charge in [-0.2, -0.15) is 0 Å². The van der Waals surface area contributed by atoms with Crippen LogP contribution in [0.1, 0.15) is 11.1 Å². The Balaban J connectivity index is 2.02. The number of nitrogens with one attached hydrogen (secondary N) is 1. The molecule has 4 nitrogen and oxygen atoms in total. The summed E-state index contributed by atoms with van der Waals surface area (Å²) in [5.41, 5.74) is 9.49. The van der Waals surface area contributed by atoms with Crippen molar-refractivity contribution in [1.29, 1.82) is 0 Å². The molecule has 0 aliphatic rings. The molecule has 2 rings (SSSR count). The van der Waals surface area contributed by atoms with Gasteiger partial charge in [0.05, 0.1) is 7.11 Å². The first-order chi connectivity index (χ1) is 9.17. The van der Waals surface area contributed by atoms with Gasteiger partial charge in [0.25, 0.3) is 0 Å². The smallest absolute Gasteiger partial charge is 0.411 e. The van der Waals surface area contributed by atoms with Gasteiger partial charge in [-0.3, -0.25) is 5.32 Å². The van der Waals surface area contributed by atoms with Crippen molar-refractivity contribution >= 4 is 17.5 Å². The third kappa shape index (κ3) is 3.74. The van der Waals surface area contributed by atoms with Crippen LogP contribution in [0.2, 0.25) is 0 Å². The van der Waals surface area contributed by atoms with Gasteiger partial charge < -0.3 is 10.5 Å². The average Bonchev–Trinajstić information content (AvgIpc) is 2.43. The number of nitrogen functional groups attached to an aromatic ring is 1. The van der Waals surface area contributed by atoms with Crippen LogP contribution in [0, 0.1) is 0 Å². The Hall–Kier alpha value is -2.49. The van der Waals surface area contributed by atoms with E-state index in [0.29, 0.717) is 5.69 Å². The lowest BCUT2D eigenvalue weighted by Gasteiger charge is -2.06. The summed E-state index contributed by atoms with van der Waals surface area (Å²) in [5.74, 6) is 0. The van der Waals surface area contributed by atoms with Gasteiger partial charge in [-0.05, 0) is 41.8 Å². The number of rotatable bonds is 3. The van der Waals surface area contributed by atoms with Gasteiger partial charge in [-0.1, -0.05) is 24.3 Å². The molecule has 0 fully saturated rings. The topological polar surface area (TPSA) is 64.3 Å². The van der Waals surface area contributed by atoms with E-state index in [0.717, 1.165) is 12.1 Å². The summed E-state index contributed by atoms with van der Waals surface area (Å²) in [4.78, 5) is 11.0. The van der Waals surface area contributed by atoms with Crippen molar-refractivity contribution in [3.8, 4) is 0 Å². The third-order valence-electron chi connectivity index (χ3n) is 2.77. The van der Waals surface area contributed by atoms with E-state index in [1.54, 1.807) is 0 Å². The Labute approximate surface area is 112 Å². The molecular formula is C15H16N2O2. The molecule has 2 aromatic rings. The Morgan fingerprint density at radius 3 is 2.11 bits per heavy atom. The van der Waals surface area contributed by atoms with E-state index in [1.165, 1.54) is 18.2 Å². The summed E-state index contributed by atoms with van der Waals surface area (Å²) in [5, 5.41) is 2.61. The summed E-state index contributed by atoms with van der Waals surface area (Å²) in [6.45, 7) is 0. The van der Waals surface area contributed by atoms with Crippen LogP contribution in [0.3, 0.4) is 0 Å². The van der Waals surface area contributed by atoms with Crippen molar-refractivity contribution in [3.63, 3.8) is 0 Å². The summed E-state index contributed by atoms with van der Waals surface area (Å²) >= 11 is 0. The summed E-state index contributed by atoms with van der Waals surface area (Å²) in [6.07, 6.45) is 0.366. The molecule has 0 saturated heterocycles. The zero-order valence-corrected chi connectivity index (χ0v) is 10.7. The summed E-state index contributed by atoms with van der Waals surface area (Å²) in [7, 11) is 1.34. The zero-order valence-electron chi connectivity index (χ0n) is 10.7. The van der Waals surface area contributed by atoms with Gasteiger partial charge in [-0.25, -0.2) is 4.79 Å². The molecule has 0 aliphatic carbocycles. The minimum Gasteiger partial charge on any atom is -0.453 e. The lowest BCUT2D eigenvalue weighted by atomic mass is 10.0. The maximum absolute atomic E-state index is 11.0. The fraction of sp³-hybridized carbons (Fsp3) is 0.133. The van der Waals surface area contributed by atoms with Crippen molar-refractivity contribution in [2.75, 3.05) is 18.2 Å². The van der Waals surface area contributed by atoms with E-state index < -0.39 is 6.09 Å². The first-order valence-corrected chi connectivity index (χ1v) is 5.96. The van der Waals surface area contributed by atoms with E-state index in [2.05, 4.69) is 10.1 Å². The number of carbonyl (C=O) groups excluding carboxylic acids is 1. The largest absolute Gasteiger partial charge is 0.453 e. The fourth-order valence-electron chi connectivity index (χ4n) is 1.75. The molecular weight excluding hydrogens is 240 g/mol. The molecule has 0 aliphatic heterocycles. The molecule has 2 aromatic carbocycles. The van der Waals surface area contributed by atoms with Crippen molar-refractivity contribution in [1.82, 2.24) is 0 Å². The van der Waals surface area contributed by atoms with Crippen LogP contribution in [0.25, 0.3) is 0 Å². The Kier molecular flexibility index (Phi) is 4.03. The van der Waals surface area contributed by atoms with Gasteiger partial charge in [0.1, 0.15) is 0 Å². The van der Waals surface area contributed by atoms with Gasteiger partial charge in [-0.15, -0.1) is 0 Å². The Morgan fingerprint density at radius 1 is 1.05 bits per heavy atom. The number of ether oxygens (including phenoxy) is 1. The molecule has 1 amide bonds. The molecule has 0 spiro atoms. The van der Waals surface area contributed by atoms with E-state index in [4.69, 9.17) is 5.73 Å². The minimum atomic E-state index is -0.466. The number of benzene rings is 2. The van der Waals surface area contributed by atoms with E-state index in [9.17, 15) is 4.79 Å². The molecule has 0 atom stereocenters. The minimum absolute atomic E-state index is 0.466. The van der Waals surface area contributed by atoms with Crippen LogP contribution in [0.15, 0.2) is 48.5 Å². The van der Waals surface area contributed by atoms with Gasteiger partial charge in [0.15, 0.2) is 0 Å². The second kappa shape index (κ2) is 5.91. The normalized spacial score (nSPS) is 9.95. The fourth-order valence-corrected chi connectivity index (χ4v) is 1.75. The van der Waals surface area contributed by atoms with E-state index >= 15 is 0 Å². The second-order valence-corrected chi connectivity index (χ2v) is 4.23. The van der Waals surface area contributed by atoms with Crippen LogP contribution in [0.4, 0.5) is 16.2 Å². The van der Waals surface area contributed by atoms with Gasteiger partial charge in [0.2, 0.25) is 0 Å². The molecule has 0 radical (unpaired) electrons. The van der Waals surface area contributed by atoms with Crippen molar-refractivity contribution in [2.45, 2.75) is 6.42 Å². The van der Waals surface area contributed by atoms with Crippen LogP contribution < -0.4 is 11.1 Å². The molecule has 0 bridgehead atoms. The van der Waals surface area contributed by atoms with Crippen LogP contribution >= 0.6 is 0 Å². The van der Waals surface area contributed by atoms with Crippen molar-refractivity contribution in [3.05, 3.63) is 59.7 Å². The van der Waals surface area contributed by atoms with Gasteiger partial charge in [0, 0.05) is 11.4 Å². The standard InChI is InChI=1S/C15H16N2O2/c1-19-15(18)17-14-8-4-12(5-9-14)10-11-2-6-13(16)7-3-11/h2-9H,10,16H2,1H3,(H,17,18). The molecule has 4 heteroatoms. The predicted octanol–water partition coefficient (Wildman–Crippen LogP) is 3.04. The van der Waals surface area contributed by atoms with Crippen molar-refractivity contribution in [2.24, 2.45) is 0 Å². The Bertz CT molecular complexity index is 547. The molecule has 0 saturated carbocycles. The Morgan fingerprint density at radius 2 is 1.58 bits per heavy atom. The van der Waals surface area contributed by atoms with E-state index in [1.807, 2.05) is 48.5 Å². The SMILES string of the molecule is COC(=O)Nc1ccc(Cc2ccc(N)cc2)cc1. The summed E-state index contributed by atoms with van der Waals surface area (Å²) in [6, 6.07) is 15.5. The first-order valence-electron chi connectivity index (χ1n) is 5.96. The maximum Gasteiger partial charge on any atom is 0.411 e. The lowest BCUT2D eigenvalue weighted by Crippen LogP contribution is -2.10. The van der Waals surface area contributed by atoms with Crippen LogP contribution in [0.5, 0.6) is 0 Å². The quantitative estimate of drug-likeness (QED) is 0.829. The third-order valence-corrected chi connectivity index (χ3v) is 2.77. The molecule has 3 N–H and O–H groups in total. The molecule has 0 aromatic heterocycles. The highest BCUT2D eigenvalue weighted by molar-refractivity contribution is 5.84. The highest BCUT2D eigenvalue weighted by atomic mass is 16.5. The monoisotopic (exact) mass is 256 g/mol. The number of nitrogens with two attached hydrogens (primary N) is 1. The molecule has 0 unspecified atom stereocenters. The highest BCUT2D eigenvalue weighted by Crippen LogP contribution is 2.14. The lowest BCUT2D eigenvalue weighted by molar-refractivity contribution is 0.187. The molecule has 98 valence electrons. The van der Waals surface area contributed by atoms with E-state index in [-0.39, 0.29) is 0 Å². The number of hydrogen-bond acceptors (Lipinski definition) is 3. The molecule has 19 heavy (non-hydrogen) atoms. The first kappa shape index (κ1) is 13.0.